The number of benzene rings is 1. The van der Waals surface area contributed by atoms with Crippen molar-refractivity contribution in [1.82, 2.24) is 24.3 Å². The summed E-state index contributed by atoms with van der Waals surface area (Å²) in [6.07, 6.45) is 5.48. The van der Waals surface area contributed by atoms with Gasteiger partial charge < -0.3 is 9.63 Å². The molecule has 0 amide bonds. The number of pyridine rings is 1. The van der Waals surface area contributed by atoms with Gasteiger partial charge in [0.2, 0.25) is 11.7 Å². The van der Waals surface area contributed by atoms with Crippen molar-refractivity contribution in [2.24, 2.45) is 5.92 Å². The number of imidazole rings is 1. The standard InChI is InChI=1S/C20H17N5O4/c26-19(27)13-5-6-15-16(8-13)25(20(28)24(15)10-12-3-4-12)11-17-22-18(23-29-17)14-2-1-7-21-9-14/h1-2,5-9,12H,3-4,10-11H2,(H,26,27). The lowest BCUT2D eigenvalue weighted by atomic mass is 10.2. The predicted octanol–water partition coefficient (Wildman–Crippen LogP) is 2.40. The molecule has 29 heavy (non-hydrogen) atoms. The van der Waals surface area contributed by atoms with E-state index in [0.29, 0.717) is 34.9 Å². The number of hydrogen-bond acceptors (Lipinski definition) is 6. The van der Waals surface area contributed by atoms with Crippen LogP contribution in [-0.4, -0.2) is 35.3 Å². The molecule has 1 aromatic carbocycles. The number of hydrogen-bond donors (Lipinski definition) is 1. The number of nitrogens with zero attached hydrogens (tertiary/aromatic N) is 5. The van der Waals surface area contributed by atoms with E-state index in [9.17, 15) is 14.7 Å². The number of fused-ring (bicyclic) bond motifs is 1. The maximum absolute atomic E-state index is 13.1. The molecule has 0 aliphatic heterocycles. The van der Waals surface area contributed by atoms with E-state index in [1.54, 1.807) is 29.1 Å². The second-order valence-electron chi connectivity index (χ2n) is 7.18. The van der Waals surface area contributed by atoms with Gasteiger partial charge in [-0.25, -0.2) is 9.59 Å². The van der Waals surface area contributed by atoms with Crippen molar-refractivity contribution in [3.63, 3.8) is 0 Å². The van der Waals surface area contributed by atoms with Gasteiger partial charge in [-0.15, -0.1) is 0 Å². The first-order valence-electron chi connectivity index (χ1n) is 9.29. The monoisotopic (exact) mass is 391 g/mol. The average molecular weight is 391 g/mol. The maximum atomic E-state index is 13.1. The molecule has 0 radical (unpaired) electrons. The minimum Gasteiger partial charge on any atom is -0.478 e. The highest BCUT2D eigenvalue weighted by Crippen LogP contribution is 2.31. The lowest BCUT2D eigenvalue weighted by Crippen LogP contribution is -2.25. The van der Waals surface area contributed by atoms with Gasteiger partial charge in [0.05, 0.1) is 16.6 Å². The van der Waals surface area contributed by atoms with Crippen molar-refractivity contribution in [3.8, 4) is 11.4 Å². The van der Waals surface area contributed by atoms with Crippen molar-refractivity contribution in [2.45, 2.75) is 25.9 Å². The molecule has 9 heteroatoms. The summed E-state index contributed by atoms with van der Waals surface area (Å²) in [7, 11) is 0. The molecule has 1 aliphatic rings. The molecule has 5 rings (SSSR count). The van der Waals surface area contributed by atoms with Crippen LogP contribution < -0.4 is 5.69 Å². The molecule has 0 unspecified atom stereocenters. The minimum atomic E-state index is -1.04. The normalized spacial score (nSPS) is 13.8. The van der Waals surface area contributed by atoms with E-state index in [-0.39, 0.29) is 23.7 Å². The zero-order valence-corrected chi connectivity index (χ0v) is 15.4. The van der Waals surface area contributed by atoms with Gasteiger partial charge in [0.1, 0.15) is 6.54 Å². The molecule has 0 atom stereocenters. The van der Waals surface area contributed by atoms with Gasteiger partial charge in [0, 0.05) is 24.5 Å². The molecule has 146 valence electrons. The summed E-state index contributed by atoms with van der Waals surface area (Å²) in [5.74, 6) is 0.0928. The molecule has 3 aromatic heterocycles. The number of carboxylic acids is 1. The van der Waals surface area contributed by atoms with Crippen LogP contribution in [-0.2, 0) is 13.1 Å². The summed E-state index contributed by atoms with van der Waals surface area (Å²) < 4.78 is 8.53. The zero-order chi connectivity index (χ0) is 20.0. The van der Waals surface area contributed by atoms with Gasteiger partial charge in [0.25, 0.3) is 0 Å². The highest BCUT2D eigenvalue weighted by Gasteiger charge is 2.25. The smallest absolute Gasteiger partial charge is 0.335 e. The SMILES string of the molecule is O=C(O)c1ccc2c(c1)n(Cc1nc(-c3cccnc3)no1)c(=O)n2CC1CC1. The quantitative estimate of drug-likeness (QED) is 0.536. The van der Waals surface area contributed by atoms with Crippen LogP contribution in [0.3, 0.4) is 0 Å². The van der Waals surface area contributed by atoms with E-state index in [0.717, 1.165) is 12.8 Å². The Bertz CT molecular complexity index is 1270. The second-order valence-corrected chi connectivity index (χ2v) is 7.18. The van der Waals surface area contributed by atoms with E-state index in [1.807, 2.05) is 6.07 Å². The van der Waals surface area contributed by atoms with Gasteiger partial charge in [-0.1, -0.05) is 5.16 Å². The first kappa shape index (κ1) is 17.4. The first-order chi connectivity index (χ1) is 14.1. The number of rotatable bonds is 6. The lowest BCUT2D eigenvalue weighted by molar-refractivity contribution is 0.0697. The molecule has 0 bridgehead atoms. The van der Waals surface area contributed by atoms with E-state index in [4.69, 9.17) is 4.52 Å². The van der Waals surface area contributed by atoms with Crippen LogP contribution in [0, 0.1) is 5.92 Å². The fourth-order valence-electron chi connectivity index (χ4n) is 3.41. The summed E-state index contributed by atoms with van der Waals surface area (Å²) in [6, 6.07) is 8.31. The lowest BCUT2D eigenvalue weighted by Gasteiger charge is -2.01. The van der Waals surface area contributed by atoms with Crippen molar-refractivity contribution in [2.75, 3.05) is 0 Å². The Kier molecular flexibility index (Phi) is 4.01. The van der Waals surface area contributed by atoms with Crippen molar-refractivity contribution < 1.29 is 14.4 Å². The molecular formula is C20H17N5O4. The van der Waals surface area contributed by atoms with Crippen molar-refractivity contribution >= 4 is 17.0 Å². The Morgan fingerprint density at radius 1 is 1.21 bits per heavy atom. The van der Waals surface area contributed by atoms with Crippen molar-refractivity contribution in [1.29, 1.82) is 0 Å². The Morgan fingerprint density at radius 3 is 2.79 bits per heavy atom. The Balaban J connectivity index is 1.57. The van der Waals surface area contributed by atoms with Gasteiger partial charge in [-0.2, -0.15) is 4.98 Å². The highest BCUT2D eigenvalue weighted by atomic mass is 16.5. The molecule has 4 aromatic rings. The molecule has 1 saturated carbocycles. The van der Waals surface area contributed by atoms with E-state index < -0.39 is 5.97 Å². The maximum Gasteiger partial charge on any atom is 0.335 e. The van der Waals surface area contributed by atoms with Crippen LogP contribution in [0.25, 0.3) is 22.4 Å². The van der Waals surface area contributed by atoms with E-state index in [2.05, 4.69) is 15.1 Å². The second kappa shape index (κ2) is 6.69. The fraction of sp³-hybridized carbons (Fsp3) is 0.250. The molecule has 0 spiro atoms. The summed E-state index contributed by atoms with van der Waals surface area (Å²) >= 11 is 0. The topological polar surface area (TPSA) is 116 Å². The first-order valence-corrected chi connectivity index (χ1v) is 9.29. The molecule has 0 saturated heterocycles. The largest absolute Gasteiger partial charge is 0.478 e. The number of carbonyl (C=O) groups is 1. The number of aromatic carboxylic acids is 1. The van der Waals surface area contributed by atoms with Gasteiger partial charge in [0.15, 0.2) is 0 Å². The van der Waals surface area contributed by atoms with Crippen LogP contribution in [0.15, 0.2) is 52.0 Å². The molecule has 1 aliphatic carbocycles. The Morgan fingerprint density at radius 2 is 2.07 bits per heavy atom. The van der Waals surface area contributed by atoms with Crippen LogP contribution in [0.2, 0.25) is 0 Å². The van der Waals surface area contributed by atoms with E-state index in [1.165, 1.54) is 16.7 Å². The average Bonchev–Trinajstić information content (AvgIpc) is 3.38. The molecule has 3 heterocycles. The van der Waals surface area contributed by atoms with E-state index >= 15 is 0 Å². The predicted molar refractivity (Wildman–Crippen MR) is 103 cm³/mol. The van der Waals surface area contributed by atoms with Gasteiger partial charge >= 0.3 is 11.7 Å². The third-order valence-corrected chi connectivity index (χ3v) is 5.08. The Hall–Kier alpha value is -3.75. The Labute approximate surface area is 164 Å². The number of aromatic nitrogens is 5. The molecule has 1 N–H and O–H groups in total. The van der Waals surface area contributed by atoms with Gasteiger partial charge in [-0.05, 0) is 49.1 Å². The minimum absolute atomic E-state index is 0.0589. The van der Waals surface area contributed by atoms with Crippen LogP contribution in [0.4, 0.5) is 0 Å². The summed E-state index contributed by atoms with van der Waals surface area (Å²) in [6.45, 7) is 0.683. The summed E-state index contributed by atoms with van der Waals surface area (Å²) in [5, 5.41) is 13.3. The summed E-state index contributed by atoms with van der Waals surface area (Å²) in [4.78, 5) is 32.9. The molecule has 9 nitrogen and oxygen atoms in total. The number of carboxylic acid groups (broad SMARTS) is 1. The van der Waals surface area contributed by atoms with Crippen LogP contribution >= 0.6 is 0 Å². The fourth-order valence-corrected chi connectivity index (χ4v) is 3.41. The van der Waals surface area contributed by atoms with Crippen LogP contribution in [0.1, 0.15) is 29.1 Å². The summed E-state index contributed by atoms with van der Waals surface area (Å²) in [5.41, 5.74) is 1.86. The van der Waals surface area contributed by atoms with Gasteiger partial charge in [-0.3, -0.25) is 14.1 Å². The zero-order valence-electron chi connectivity index (χ0n) is 15.4. The highest BCUT2D eigenvalue weighted by molar-refractivity contribution is 5.92. The third kappa shape index (κ3) is 3.20. The third-order valence-electron chi connectivity index (χ3n) is 5.08. The van der Waals surface area contributed by atoms with Crippen LogP contribution in [0.5, 0.6) is 0 Å². The molecular weight excluding hydrogens is 374 g/mol. The van der Waals surface area contributed by atoms with Crippen molar-refractivity contribution in [3.05, 3.63) is 64.7 Å². The molecule has 1 fully saturated rings.